The maximum atomic E-state index is 12.1. The molecule has 0 spiro atoms. The molecule has 0 radical (unpaired) electrons. The van der Waals surface area contributed by atoms with Crippen molar-refractivity contribution in [2.45, 2.75) is 13.3 Å². The predicted molar refractivity (Wildman–Crippen MR) is 87.9 cm³/mol. The summed E-state index contributed by atoms with van der Waals surface area (Å²) in [6.45, 7) is 2.58. The van der Waals surface area contributed by atoms with E-state index in [4.69, 9.17) is 0 Å². The third-order valence-corrected chi connectivity index (χ3v) is 3.83. The fraction of sp³-hybridized carbons (Fsp3) is 0.222. The number of hydrogen-bond donors (Lipinski definition) is 1. The summed E-state index contributed by atoms with van der Waals surface area (Å²) in [5.41, 5.74) is 3.94. The van der Waals surface area contributed by atoms with E-state index in [1.165, 1.54) is 0 Å². The Morgan fingerprint density at radius 1 is 1.14 bits per heavy atom. The Labute approximate surface area is 129 Å². The molecule has 0 saturated heterocycles. The fourth-order valence-electron chi connectivity index (χ4n) is 2.51. The predicted octanol–water partition coefficient (Wildman–Crippen LogP) is 2.85. The van der Waals surface area contributed by atoms with Gasteiger partial charge in [0.1, 0.15) is 5.82 Å². The number of carbonyl (C=O) groups excluding carboxylic acids is 1. The molecule has 2 aromatic carbocycles. The number of benzene rings is 2. The van der Waals surface area contributed by atoms with E-state index in [2.05, 4.69) is 20.9 Å². The van der Waals surface area contributed by atoms with Crippen molar-refractivity contribution in [3.8, 4) is 0 Å². The normalized spacial score (nSPS) is 10.8. The van der Waals surface area contributed by atoms with Crippen molar-refractivity contribution < 1.29 is 4.79 Å². The maximum Gasteiger partial charge on any atom is 0.251 e. The van der Waals surface area contributed by atoms with Crippen LogP contribution < -0.4 is 5.32 Å². The molecule has 1 heterocycles. The number of nitrogens with one attached hydrogen (secondary N) is 1. The molecule has 0 fully saturated rings. The Morgan fingerprint density at radius 3 is 2.59 bits per heavy atom. The Kier molecular flexibility index (Phi) is 3.92. The molecular formula is C18H19N3O. The van der Waals surface area contributed by atoms with Gasteiger partial charge in [0.25, 0.3) is 5.91 Å². The van der Waals surface area contributed by atoms with Crippen molar-refractivity contribution in [3.63, 3.8) is 0 Å². The summed E-state index contributed by atoms with van der Waals surface area (Å²) in [7, 11) is 2.01. The summed E-state index contributed by atoms with van der Waals surface area (Å²) in [5, 5.41) is 2.95. The highest BCUT2D eigenvalue weighted by atomic mass is 16.1. The largest absolute Gasteiger partial charge is 0.352 e. The molecule has 0 unspecified atom stereocenters. The van der Waals surface area contributed by atoms with Crippen LogP contribution in [-0.2, 0) is 13.5 Å². The monoisotopic (exact) mass is 293 g/mol. The molecule has 1 N–H and O–H groups in total. The van der Waals surface area contributed by atoms with Crippen molar-refractivity contribution in [1.82, 2.24) is 14.9 Å². The molecule has 1 aromatic heterocycles. The number of carbonyl (C=O) groups is 1. The van der Waals surface area contributed by atoms with Crippen molar-refractivity contribution in [2.75, 3.05) is 6.54 Å². The molecule has 112 valence electrons. The van der Waals surface area contributed by atoms with Crippen molar-refractivity contribution in [1.29, 1.82) is 0 Å². The number of para-hydroxylation sites is 2. The van der Waals surface area contributed by atoms with Gasteiger partial charge in [-0.3, -0.25) is 4.79 Å². The first-order valence-corrected chi connectivity index (χ1v) is 7.40. The van der Waals surface area contributed by atoms with Crippen LogP contribution in [0.2, 0.25) is 0 Å². The summed E-state index contributed by atoms with van der Waals surface area (Å²) in [5.74, 6) is 0.934. The van der Waals surface area contributed by atoms with E-state index < -0.39 is 0 Å². The Morgan fingerprint density at radius 2 is 1.86 bits per heavy atom. The van der Waals surface area contributed by atoms with E-state index in [0.29, 0.717) is 18.5 Å². The van der Waals surface area contributed by atoms with Crippen molar-refractivity contribution >= 4 is 16.9 Å². The second-order valence-corrected chi connectivity index (χ2v) is 5.45. The first kappa shape index (κ1) is 14.3. The zero-order valence-corrected chi connectivity index (χ0v) is 12.8. The highest BCUT2D eigenvalue weighted by Gasteiger charge is 2.08. The molecule has 0 saturated carbocycles. The Bertz CT molecular complexity index is 803. The number of rotatable bonds is 4. The first-order chi connectivity index (χ1) is 10.6. The highest BCUT2D eigenvalue weighted by Crippen LogP contribution is 2.14. The lowest BCUT2D eigenvalue weighted by Gasteiger charge is -2.06. The van der Waals surface area contributed by atoms with Gasteiger partial charge in [-0.1, -0.05) is 29.8 Å². The van der Waals surface area contributed by atoms with Crippen LogP contribution in [-0.4, -0.2) is 22.0 Å². The molecule has 0 atom stereocenters. The minimum absolute atomic E-state index is 0.0428. The second kappa shape index (κ2) is 6.02. The van der Waals surface area contributed by atoms with Crippen LogP contribution in [0.5, 0.6) is 0 Å². The van der Waals surface area contributed by atoms with Gasteiger partial charge in [0.15, 0.2) is 0 Å². The van der Waals surface area contributed by atoms with E-state index >= 15 is 0 Å². The smallest absolute Gasteiger partial charge is 0.251 e. The van der Waals surface area contributed by atoms with Gasteiger partial charge < -0.3 is 9.88 Å². The van der Waals surface area contributed by atoms with E-state index in [0.717, 1.165) is 22.4 Å². The SMILES string of the molecule is Cc1ccc(C(=O)NCCc2nc3ccccc3n2C)cc1. The zero-order chi connectivity index (χ0) is 15.5. The lowest BCUT2D eigenvalue weighted by Crippen LogP contribution is -2.26. The van der Waals surface area contributed by atoms with Gasteiger partial charge in [-0.2, -0.15) is 0 Å². The molecule has 22 heavy (non-hydrogen) atoms. The zero-order valence-electron chi connectivity index (χ0n) is 12.8. The highest BCUT2D eigenvalue weighted by molar-refractivity contribution is 5.94. The first-order valence-electron chi connectivity index (χ1n) is 7.40. The van der Waals surface area contributed by atoms with E-state index in [9.17, 15) is 4.79 Å². The van der Waals surface area contributed by atoms with Gasteiger partial charge in [0, 0.05) is 25.6 Å². The standard InChI is InChI=1S/C18H19N3O/c1-13-7-9-14(10-8-13)18(22)19-12-11-17-20-15-5-3-4-6-16(15)21(17)2/h3-10H,11-12H2,1-2H3,(H,19,22). The van der Waals surface area contributed by atoms with Crippen LogP contribution in [0.3, 0.4) is 0 Å². The van der Waals surface area contributed by atoms with Crippen molar-refractivity contribution in [3.05, 3.63) is 65.5 Å². The topological polar surface area (TPSA) is 46.9 Å². The number of hydrogen-bond acceptors (Lipinski definition) is 2. The number of aromatic nitrogens is 2. The maximum absolute atomic E-state index is 12.1. The number of aryl methyl sites for hydroxylation is 2. The molecule has 0 aliphatic heterocycles. The van der Waals surface area contributed by atoms with Crippen molar-refractivity contribution in [2.24, 2.45) is 7.05 Å². The van der Waals surface area contributed by atoms with Gasteiger partial charge >= 0.3 is 0 Å². The summed E-state index contributed by atoms with van der Waals surface area (Å²) < 4.78 is 2.08. The number of amides is 1. The minimum Gasteiger partial charge on any atom is -0.352 e. The molecule has 1 amide bonds. The molecule has 0 aliphatic carbocycles. The van der Waals surface area contributed by atoms with Gasteiger partial charge in [-0.05, 0) is 31.2 Å². The van der Waals surface area contributed by atoms with E-state index in [-0.39, 0.29) is 5.91 Å². The molecule has 4 heteroatoms. The lowest BCUT2D eigenvalue weighted by molar-refractivity contribution is 0.0954. The van der Waals surface area contributed by atoms with Crippen LogP contribution in [0, 0.1) is 6.92 Å². The molecular weight excluding hydrogens is 274 g/mol. The summed E-state index contributed by atoms with van der Waals surface area (Å²) in [6, 6.07) is 15.6. The Hall–Kier alpha value is -2.62. The van der Waals surface area contributed by atoms with E-state index in [1.54, 1.807) is 0 Å². The molecule has 4 nitrogen and oxygen atoms in total. The second-order valence-electron chi connectivity index (χ2n) is 5.45. The minimum atomic E-state index is -0.0428. The van der Waals surface area contributed by atoms with Gasteiger partial charge in [-0.15, -0.1) is 0 Å². The number of imidazole rings is 1. The summed E-state index contributed by atoms with van der Waals surface area (Å²) in [6.07, 6.45) is 0.711. The van der Waals surface area contributed by atoms with Crippen LogP contribution >= 0.6 is 0 Å². The number of nitrogens with zero attached hydrogens (tertiary/aromatic N) is 2. The third-order valence-electron chi connectivity index (χ3n) is 3.83. The average Bonchev–Trinajstić information content (AvgIpc) is 2.85. The van der Waals surface area contributed by atoms with Crippen LogP contribution in [0.25, 0.3) is 11.0 Å². The number of fused-ring (bicyclic) bond motifs is 1. The van der Waals surface area contributed by atoms with Crippen LogP contribution in [0.15, 0.2) is 48.5 Å². The van der Waals surface area contributed by atoms with Gasteiger partial charge in [0.2, 0.25) is 0 Å². The quantitative estimate of drug-likeness (QED) is 0.804. The summed E-state index contributed by atoms with van der Waals surface area (Å²) >= 11 is 0. The molecule has 3 aromatic rings. The summed E-state index contributed by atoms with van der Waals surface area (Å²) in [4.78, 5) is 16.7. The average molecular weight is 293 g/mol. The van der Waals surface area contributed by atoms with Gasteiger partial charge in [-0.25, -0.2) is 4.98 Å². The molecule has 3 rings (SSSR count). The van der Waals surface area contributed by atoms with Crippen LogP contribution in [0.1, 0.15) is 21.7 Å². The lowest BCUT2D eigenvalue weighted by atomic mass is 10.1. The molecule has 0 bridgehead atoms. The van der Waals surface area contributed by atoms with Crippen LogP contribution in [0.4, 0.5) is 0 Å². The van der Waals surface area contributed by atoms with E-state index in [1.807, 2.05) is 56.4 Å². The molecule has 0 aliphatic rings. The Balaban J connectivity index is 1.63. The van der Waals surface area contributed by atoms with Gasteiger partial charge in [0.05, 0.1) is 11.0 Å². The fourth-order valence-corrected chi connectivity index (χ4v) is 2.51. The third kappa shape index (κ3) is 2.86.